The van der Waals surface area contributed by atoms with Crippen LogP contribution in [0.3, 0.4) is 0 Å². The molecule has 1 aromatic heterocycles. The Labute approximate surface area is 126 Å². The highest BCUT2D eigenvalue weighted by Gasteiger charge is 2.13. The number of carbonyl (C=O) groups excluding carboxylic acids is 1. The van der Waals surface area contributed by atoms with Crippen LogP contribution in [0, 0.1) is 6.92 Å². The van der Waals surface area contributed by atoms with E-state index in [0.717, 1.165) is 16.1 Å². The summed E-state index contributed by atoms with van der Waals surface area (Å²) in [5.41, 5.74) is 1.22. The number of fused-ring (bicyclic) bond motifs is 1. The van der Waals surface area contributed by atoms with Crippen molar-refractivity contribution in [2.75, 3.05) is 0 Å². The molecule has 1 heterocycles. The van der Waals surface area contributed by atoms with Crippen molar-refractivity contribution in [2.45, 2.75) is 13.5 Å². The van der Waals surface area contributed by atoms with Crippen molar-refractivity contribution in [3.63, 3.8) is 0 Å². The van der Waals surface area contributed by atoms with Crippen LogP contribution in [0.25, 0.3) is 10.8 Å². The summed E-state index contributed by atoms with van der Waals surface area (Å²) in [7, 11) is 0. The number of hydrogen-bond acceptors (Lipinski definition) is 4. The summed E-state index contributed by atoms with van der Waals surface area (Å²) in [6.07, 6.45) is 0. The van der Waals surface area contributed by atoms with E-state index in [-0.39, 0.29) is 17.2 Å². The quantitative estimate of drug-likeness (QED) is 0.780. The third-order valence-corrected chi connectivity index (χ3v) is 4.18. The Kier molecular flexibility index (Phi) is 3.58. The van der Waals surface area contributed by atoms with Gasteiger partial charge < -0.3 is 10.4 Å². The number of thiazole rings is 1. The molecule has 0 aliphatic rings. The first kappa shape index (κ1) is 13.6. The predicted molar refractivity (Wildman–Crippen MR) is 83.6 cm³/mol. The molecule has 0 aliphatic carbocycles. The molecule has 0 spiro atoms. The summed E-state index contributed by atoms with van der Waals surface area (Å²) in [6.45, 7) is 2.28. The van der Waals surface area contributed by atoms with Crippen molar-refractivity contribution < 1.29 is 9.90 Å². The number of aromatic nitrogens is 1. The van der Waals surface area contributed by atoms with Crippen LogP contribution in [0.1, 0.15) is 21.1 Å². The van der Waals surface area contributed by atoms with E-state index >= 15 is 0 Å². The van der Waals surface area contributed by atoms with Gasteiger partial charge in [0.1, 0.15) is 10.8 Å². The zero-order chi connectivity index (χ0) is 14.8. The van der Waals surface area contributed by atoms with Crippen LogP contribution in [-0.2, 0) is 6.54 Å². The molecule has 0 radical (unpaired) electrons. The van der Waals surface area contributed by atoms with Crippen LogP contribution in [0.5, 0.6) is 5.75 Å². The van der Waals surface area contributed by atoms with Crippen LogP contribution in [-0.4, -0.2) is 16.0 Å². The van der Waals surface area contributed by atoms with Crippen molar-refractivity contribution in [3.05, 3.63) is 58.0 Å². The lowest BCUT2D eigenvalue weighted by Gasteiger charge is -2.08. The van der Waals surface area contributed by atoms with E-state index in [1.807, 2.05) is 36.6 Å². The third-order valence-electron chi connectivity index (χ3n) is 3.21. The van der Waals surface area contributed by atoms with E-state index in [1.54, 1.807) is 12.1 Å². The van der Waals surface area contributed by atoms with Crippen LogP contribution in [0.2, 0.25) is 0 Å². The van der Waals surface area contributed by atoms with Gasteiger partial charge >= 0.3 is 0 Å². The Morgan fingerprint density at radius 1 is 1.29 bits per heavy atom. The molecule has 2 aromatic carbocycles. The Morgan fingerprint density at radius 3 is 2.86 bits per heavy atom. The fraction of sp³-hybridized carbons (Fsp3) is 0.125. The van der Waals surface area contributed by atoms with Gasteiger partial charge in [-0.25, -0.2) is 4.98 Å². The molecule has 2 N–H and O–H groups in total. The lowest BCUT2D eigenvalue weighted by molar-refractivity contribution is 0.0948. The van der Waals surface area contributed by atoms with Gasteiger partial charge in [0.25, 0.3) is 5.91 Å². The van der Waals surface area contributed by atoms with Gasteiger partial charge in [-0.15, -0.1) is 11.3 Å². The largest absolute Gasteiger partial charge is 0.506 e. The van der Waals surface area contributed by atoms with Gasteiger partial charge in [-0.3, -0.25) is 4.79 Å². The third kappa shape index (κ3) is 2.73. The first-order chi connectivity index (χ1) is 10.1. The van der Waals surface area contributed by atoms with E-state index in [2.05, 4.69) is 10.3 Å². The van der Waals surface area contributed by atoms with E-state index < -0.39 is 0 Å². The van der Waals surface area contributed by atoms with Crippen LogP contribution in [0.15, 0.2) is 41.8 Å². The van der Waals surface area contributed by atoms with Crippen molar-refractivity contribution in [1.29, 1.82) is 0 Å². The van der Waals surface area contributed by atoms with Crippen molar-refractivity contribution in [3.8, 4) is 5.75 Å². The van der Waals surface area contributed by atoms with E-state index in [9.17, 15) is 9.90 Å². The Hall–Kier alpha value is -2.40. The standard InChI is InChI=1S/C16H14N2O2S/c1-10-9-21-14(18-10)8-17-16(20)13-7-6-11-4-2-3-5-12(11)15(13)19/h2-7,9,19H,8H2,1H3,(H,17,20). The van der Waals surface area contributed by atoms with Crippen molar-refractivity contribution in [2.24, 2.45) is 0 Å². The highest BCUT2D eigenvalue weighted by molar-refractivity contribution is 7.09. The molecule has 0 bridgehead atoms. The summed E-state index contributed by atoms with van der Waals surface area (Å²) in [5, 5.41) is 17.4. The fourth-order valence-corrected chi connectivity index (χ4v) is 2.88. The number of nitrogens with zero attached hydrogens (tertiary/aromatic N) is 1. The second kappa shape index (κ2) is 5.54. The molecule has 5 heteroatoms. The number of nitrogens with one attached hydrogen (secondary N) is 1. The minimum absolute atomic E-state index is 0.0147. The van der Waals surface area contributed by atoms with E-state index in [0.29, 0.717) is 11.9 Å². The Morgan fingerprint density at radius 2 is 2.10 bits per heavy atom. The summed E-state index contributed by atoms with van der Waals surface area (Å²) in [5.74, 6) is -0.285. The second-order valence-corrected chi connectivity index (χ2v) is 5.69. The molecular formula is C16H14N2O2S. The summed E-state index contributed by atoms with van der Waals surface area (Å²) in [6, 6.07) is 10.9. The number of carbonyl (C=O) groups is 1. The number of hydrogen-bond donors (Lipinski definition) is 2. The highest BCUT2D eigenvalue weighted by atomic mass is 32.1. The van der Waals surface area contributed by atoms with Gasteiger partial charge in [0.2, 0.25) is 0 Å². The normalized spacial score (nSPS) is 10.7. The lowest BCUT2D eigenvalue weighted by Crippen LogP contribution is -2.22. The van der Waals surface area contributed by atoms with Gasteiger partial charge in [0.05, 0.1) is 12.1 Å². The van der Waals surface area contributed by atoms with Gasteiger partial charge in [-0.05, 0) is 18.4 Å². The molecule has 0 aliphatic heterocycles. The molecule has 0 unspecified atom stereocenters. The first-order valence-corrected chi connectivity index (χ1v) is 7.43. The molecule has 3 aromatic rings. The van der Waals surface area contributed by atoms with Crippen LogP contribution < -0.4 is 5.32 Å². The molecule has 1 amide bonds. The molecule has 21 heavy (non-hydrogen) atoms. The Bertz CT molecular complexity index is 811. The Balaban J connectivity index is 1.82. The smallest absolute Gasteiger partial charge is 0.255 e. The lowest BCUT2D eigenvalue weighted by atomic mass is 10.0. The number of benzene rings is 2. The first-order valence-electron chi connectivity index (χ1n) is 6.55. The molecule has 3 rings (SSSR count). The van der Waals surface area contributed by atoms with Gasteiger partial charge in [-0.2, -0.15) is 0 Å². The average molecular weight is 298 g/mol. The molecule has 0 fully saturated rings. The average Bonchev–Trinajstić information content (AvgIpc) is 2.91. The maximum Gasteiger partial charge on any atom is 0.255 e. The SMILES string of the molecule is Cc1csc(CNC(=O)c2ccc3ccccc3c2O)n1. The fourth-order valence-electron chi connectivity index (χ4n) is 2.17. The molecular weight excluding hydrogens is 284 g/mol. The van der Waals surface area contributed by atoms with Crippen molar-refractivity contribution >= 4 is 28.0 Å². The number of rotatable bonds is 3. The molecule has 4 nitrogen and oxygen atoms in total. The zero-order valence-electron chi connectivity index (χ0n) is 11.5. The number of phenolic OH excluding ortho intramolecular Hbond substituents is 1. The zero-order valence-corrected chi connectivity index (χ0v) is 12.3. The van der Waals surface area contributed by atoms with Crippen LogP contribution in [0.4, 0.5) is 0 Å². The topological polar surface area (TPSA) is 62.2 Å². The minimum atomic E-state index is -0.300. The maximum absolute atomic E-state index is 12.2. The van der Waals surface area contributed by atoms with Gasteiger partial charge in [0, 0.05) is 16.5 Å². The number of amides is 1. The molecule has 106 valence electrons. The number of aromatic hydroxyl groups is 1. The minimum Gasteiger partial charge on any atom is -0.506 e. The molecule has 0 saturated heterocycles. The number of phenols is 1. The highest BCUT2D eigenvalue weighted by Crippen LogP contribution is 2.28. The number of aryl methyl sites for hydroxylation is 1. The van der Waals surface area contributed by atoms with Gasteiger partial charge in [0.15, 0.2) is 0 Å². The monoisotopic (exact) mass is 298 g/mol. The van der Waals surface area contributed by atoms with Crippen molar-refractivity contribution in [1.82, 2.24) is 10.3 Å². The molecule has 0 atom stereocenters. The predicted octanol–water partition coefficient (Wildman–Crippen LogP) is 3.24. The summed E-state index contributed by atoms with van der Waals surface area (Å²) < 4.78 is 0. The summed E-state index contributed by atoms with van der Waals surface area (Å²) in [4.78, 5) is 16.5. The van der Waals surface area contributed by atoms with E-state index in [4.69, 9.17) is 0 Å². The van der Waals surface area contributed by atoms with Crippen LogP contribution >= 0.6 is 11.3 Å². The second-order valence-electron chi connectivity index (χ2n) is 4.75. The van der Waals surface area contributed by atoms with E-state index in [1.165, 1.54) is 11.3 Å². The summed E-state index contributed by atoms with van der Waals surface area (Å²) >= 11 is 1.51. The maximum atomic E-state index is 12.2. The molecule has 0 saturated carbocycles. The van der Waals surface area contributed by atoms with Gasteiger partial charge in [-0.1, -0.05) is 30.3 Å².